The molecule has 1 saturated carbocycles. The van der Waals surface area contributed by atoms with Crippen molar-refractivity contribution >= 4 is 5.78 Å². The van der Waals surface area contributed by atoms with Gasteiger partial charge >= 0.3 is 0 Å². The van der Waals surface area contributed by atoms with Crippen molar-refractivity contribution in [3.8, 4) is 0 Å². The highest BCUT2D eigenvalue weighted by molar-refractivity contribution is 5.83. The molecule has 0 bridgehead atoms. The van der Waals surface area contributed by atoms with Crippen molar-refractivity contribution in [2.45, 2.75) is 71.8 Å². The Balaban J connectivity index is 2.02. The van der Waals surface area contributed by atoms with Crippen molar-refractivity contribution in [3.63, 3.8) is 0 Å². The molecule has 0 aromatic rings. The molecule has 3 aliphatic carbocycles. The molecule has 2 heteroatoms. The Kier molecular flexibility index (Phi) is 2.94. The molecule has 0 spiro atoms. The van der Waals surface area contributed by atoms with Gasteiger partial charge in [-0.25, -0.2) is 0 Å². The maximum atomic E-state index is 11.7. The fourth-order valence-corrected chi connectivity index (χ4v) is 5.21. The van der Waals surface area contributed by atoms with Crippen LogP contribution in [0, 0.1) is 16.7 Å². The first kappa shape index (κ1) is 13.4. The Labute approximate surface area is 116 Å². The van der Waals surface area contributed by atoms with Crippen molar-refractivity contribution in [1.82, 2.24) is 0 Å². The van der Waals surface area contributed by atoms with Crippen molar-refractivity contribution in [2.75, 3.05) is 0 Å². The molecule has 0 radical (unpaired) electrons. The van der Waals surface area contributed by atoms with Crippen LogP contribution in [0.1, 0.15) is 65.7 Å². The number of carbonyl (C=O) groups is 1. The van der Waals surface area contributed by atoms with Crippen molar-refractivity contribution < 1.29 is 9.90 Å². The maximum absolute atomic E-state index is 11.7. The summed E-state index contributed by atoms with van der Waals surface area (Å²) in [6, 6.07) is 0. The van der Waals surface area contributed by atoms with Crippen LogP contribution in [0.4, 0.5) is 0 Å². The Hall–Kier alpha value is -0.630. The van der Waals surface area contributed by atoms with Crippen LogP contribution in [-0.4, -0.2) is 17.0 Å². The van der Waals surface area contributed by atoms with Gasteiger partial charge in [-0.2, -0.15) is 0 Å². The lowest BCUT2D eigenvalue weighted by molar-refractivity contribution is -0.120. The SMILES string of the molecule is CC1(C)[C@H](O)CC[C@@]2(C)C3=C(CC[C@H]12)CC(=O)CC3. The maximum Gasteiger partial charge on any atom is 0.137 e. The summed E-state index contributed by atoms with van der Waals surface area (Å²) in [6.07, 6.45) is 6.49. The van der Waals surface area contributed by atoms with E-state index in [1.54, 1.807) is 5.57 Å². The number of aliphatic hydroxyl groups is 1. The minimum atomic E-state index is -0.169. The second-order valence-corrected chi connectivity index (χ2v) is 7.68. The molecule has 106 valence electrons. The summed E-state index contributed by atoms with van der Waals surface area (Å²) in [4.78, 5) is 11.7. The van der Waals surface area contributed by atoms with Crippen LogP contribution >= 0.6 is 0 Å². The lowest BCUT2D eigenvalue weighted by Gasteiger charge is -2.57. The molecular formula is C17H26O2. The van der Waals surface area contributed by atoms with Crippen LogP contribution in [-0.2, 0) is 4.79 Å². The molecule has 3 atom stereocenters. The average Bonchev–Trinajstić information content (AvgIpc) is 2.34. The summed E-state index contributed by atoms with van der Waals surface area (Å²) in [6.45, 7) is 6.87. The molecular weight excluding hydrogens is 236 g/mol. The summed E-state index contributed by atoms with van der Waals surface area (Å²) < 4.78 is 0. The summed E-state index contributed by atoms with van der Waals surface area (Å²) in [5.41, 5.74) is 3.27. The molecule has 0 heterocycles. The van der Waals surface area contributed by atoms with Crippen LogP contribution in [0.2, 0.25) is 0 Å². The zero-order valence-corrected chi connectivity index (χ0v) is 12.5. The van der Waals surface area contributed by atoms with Gasteiger partial charge < -0.3 is 5.11 Å². The predicted molar refractivity (Wildman–Crippen MR) is 75.7 cm³/mol. The van der Waals surface area contributed by atoms with Gasteiger partial charge in [0.15, 0.2) is 0 Å². The predicted octanol–water partition coefficient (Wildman–Crippen LogP) is 3.63. The van der Waals surface area contributed by atoms with E-state index in [0.717, 1.165) is 38.5 Å². The first-order valence-corrected chi connectivity index (χ1v) is 7.77. The average molecular weight is 262 g/mol. The summed E-state index contributed by atoms with van der Waals surface area (Å²) in [5.74, 6) is 0.992. The van der Waals surface area contributed by atoms with E-state index < -0.39 is 0 Å². The molecule has 0 saturated heterocycles. The number of Topliss-reactive ketones (excluding diaryl/α,β-unsaturated/α-hetero) is 1. The highest BCUT2D eigenvalue weighted by Gasteiger charge is 2.54. The van der Waals surface area contributed by atoms with Gasteiger partial charge in [0, 0.05) is 12.8 Å². The third-order valence-corrected chi connectivity index (χ3v) is 6.38. The normalized spacial score (nSPS) is 41.8. The highest BCUT2D eigenvalue weighted by Crippen LogP contribution is 2.61. The zero-order valence-electron chi connectivity index (χ0n) is 12.5. The van der Waals surface area contributed by atoms with Crippen molar-refractivity contribution in [2.24, 2.45) is 16.7 Å². The molecule has 1 N–H and O–H groups in total. The number of hydrogen-bond acceptors (Lipinski definition) is 2. The van der Waals surface area contributed by atoms with Gasteiger partial charge in [0.25, 0.3) is 0 Å². The molecule has 3 aliphatic rings. The number of carbonyl (C=O) groups excluding carboxylic acids is 1. The minimum absolute atomic E-state index is 0.00693. The first-order valence-electron chi connectivity index (χ1n) is 7.77. The Morgan fingerprint density at radius 2 is 1.84 bits per heavy atom. The fourth-order valence-electron chi connectivity index (χ4n) is 5.21. The van der Waals surface area contributed by atoms with Gasteiger partial charge in [0.2, 0.25) is 0 Å². The van der Waals surface area contributed by atoms with Crippen LogP contribution in [0.5, 0.6) is 0 Å². The van der Waals surface area contributed by atoms with Gasteiger partial charge in [0.1, 0.15) is 5.78 Å². The van der Waals surface area contributed by atoms with Crippen LogP contribution < -0.4 is 0 Å². The molecule has 0 aromatic carbocycles. The number of allylic oxidation sites excluding steroid dienone is 2. The smallest absolute Gasteiger partial charge is 0.137 e. The summed E-state index contributed by atoms with van der Waals surface area (Å²) in [7, 11) is 0. The van der Waals surface area contributed by atoms with E-state index in [0.29, 0.717) is 18.1 Å². The summed E-state index contributed by atoms with van der Waals surface area (Å²) in [5, 5.41) is 10.4. The van der Waals surface area contributed by atoms with Gasteiger partial charge in [-0.15, -0.1) is 0 Å². The number of fused-ring (bicyclic) bond motifs is 2. The minimum Gasteiger partial charge on any atom is -0.393 e. The Morgan fingerprint density at radius 1 is 1.11 bits per heavy atom. The van der Waals surface area contributed by atoms with Gasteiger partial charge in [0.05, 0.1) is 6.10 Å². The quantitative estimate of drug-likeness (QED) is 0.677. The lowest BCUT2D eigenvalue weighted by Crippen LogP contribution is -2.52. The molecule has 0 unspecified atom stereocenters. The van der Waals surface area contributed by atoms with E-state index in [9.17, 15) is 9.90 Å². The van der Waals surface area contributed by atoms with E-state index in [4.69, 9.17) is 0 Å². The molecule has 0 aromatic heterocycles. The molecule has 3 rings (SSSR count). The Bertz CT molecular complexity index is 446. The number of ketones is 1. The zero-order chi connectivity index (χ0) is 13.8. The third-order valence-electron chi connectivity index (χ3n) is 6.38. The number of aliphatic hydroxyl groups excluding tert-OH is 1. The molecule has 19 heavy (non-hydrogen) atoms. The Morgan fingerprint density at radius 3 is 2.58 bits per heavy atom. The molecule has 1 fully saturated rings. The molecule has 2 nitrogen and oxygen atoms in total. The highest BCUT2D eigenvalue weighted by atomic mass is 16.3. The standard InChI is InChI=1S/C17H26O2/c1-16(2)14-7-4-11-10-12(18)5-6-13(11)17(14,3)9-8-15(16)19/h14-15,19H,4-10H2,1-3H3/t14-,15-,17+/m1/s1. The fraction of sp³-hybridized carbons (Fsp3) is 0.824. The monoisotopic (exact) mass is 262 g/mol. The van der Waals surface area contributed by atoms with Crippen LogP contribution in [0.25, 0.3) is 0 Å². The van der Waals surface area contributed by atoms with Crippen LogP contribution in [0.15, 0.2) is 11.1 Å². The van der Waals surface area contributed by atoms with Crippen LogP contribution in [0.3, 0.4) is 0 Å². The van der Waals surface area contributed by atoms with E-state index in [2.05, 4.69) is 20.8 Å². The number of hydrogen-bond donors (Lipinski definition) is 1. The second-order valence-electron chi connectivity index (χ2n) is 7.68. The van der Waals surface area contributed by atoms with Gasteiger partial charge in [-0.1, -0.05) is 31.9 Å². The largest absolute Gasteiger partial charge is 0.393 e. The lowest BCUT2D eigenvalue weighted by atomic mass is 9.48. The summed E-state index contributed by atoms with van der Waals surface area (Å²) >= 11 is 0. The first-order chi connectivity index (χ1) is 8.85. The molecule has 0 aliphatic heterocycles. The topological polar surface area (TPSA) is 37.3 Å². The molecule has 0 amide bonds. The second kappa shape index (κ2) is 4.18. The van der Waals surface area contributed by atoms with E-state index >= 15 is 0 Å². The van der Waals surface area contributed by atoms with Gasteiger partial charge in [-0.05, 0) is 48.9 Å². The van der Waals surface area contributed by atoms with Crippen molar-refractivity contribution in [1.29, 1.82) is 0 Å². The van der Waals surface area contributed by atoms with Gasteiger partial charge in [-0.3, -0.25) is 4.79 Å². The van der Waals surface area contributed by atoms with E-state index in [1.165, 1.54) is 5.57 Å². The van der Waals surface area contributed by atoms with Crippen molar-refractivity contribution in [3.05, 3.63) is 11.1 Å². The van der Waals surface area contributed by atoms with E-state index in [1.807, 2.05) is 0 Å². The van der Waals surface area contributed by atoms with E-state index in [-0.39, 0.29) is 16.9 Å². The number of rotatable bonds is 0. The third kappa shape index (κ3) is 1.83.